The molecule has 2 atom stereocenters. The maximum Gasteiger partial charge on any atom is 0.237 e. The average molecular weight is 281 g/mol. The molecule has 0 bridgehead atoms. The summed E-state index contributed by atoms with van der Waals surface area (Å²) in [4.78, 5) is 12.1. The van der Waals surface area contributed by atoms with Gasteiger partial charge in [0.15, 0.2) is 0 Å². The van der Waals surface area contributed by atoms with Gasteiger partial charge in [-0.15, -0.1) is 0 Å². The lowest BCUT2D eigenvalue weighted by Gasteiger charge is -2.21. The lowest BCUT2D eigenvalue weighted by Crippen LogP contribution is -2.42. The van der Waals surface area contributed by atoms with Gasteiger partial charge in [-0.2, -0.15) is 0 Å². The topological polar surface area (TPSA) is 55.1 Å². The number of nitrogens with one attached hydrogen (secondary N) is 1. The maximum atomic E-state index is 12.1. The summed E-state index contributed by atoms with van der Waals surface area (Å²) in [7, 11) is 0. The van der Waals surface area contributed by atoms with Crippen LogP contribution in [0.5, 0.6) is 0 Å². The molecule has 19 heavy (non-hydrogen) atoms. The number of rotatable bonds is 6. The van der Waals surface area contributed by atoms with Crippen LogP contribution in [0.4, 0.5) is 0 Å². The van der Waals surface area contributed by atoms with E-state index in [1.807, 2.05) is 31.2 Å². The van der Waals surface area contributed by atoms with Crippen molar-refractivity contribution in [2.75, 3.05) is 0 Å². The molecule has 0 aromatic heterocycles. The molecule has 104 valence electrons. The number of benzene rings is 1. The smallest absolute Gasteiger partial charge is 0.237 e. The Morgan fingerprint density at radius 3 is 2.58 bits per heavy atom. The summed E-state index contributed by atoms with van der Waals surface area (Å²) in [6.07, 6.45) is 3.97. The number of carbonyl (C=O) groups is 1. The van der Waals surface area contributed by atoms with Crippen LogP contribution in [0.15, 0.2) is 24.3 Å². The van der Waals surface area contributed by atoms with Gasteiger partial charge in [0.1, 0.15) is 0 Å². The molecule has 0 spiro atoms. The van der Waals surface area contributed by atoms with E-state index in [0.29, 0.717) is 10.9 Å². The molecule has 1 fully saturated rings. The highest BCUT2D eigenvalue weighted by Gasteiger charge is 2.34. The fraction of sp³-hybridized carbons (Fsp3) is 0.533. The van der Waals surface area contributed by atoms with Crippen LogP contribution in [-0.2, 0) is 4.79 Å². The summed E-state index contributed by atoms with van der Waals surface area (Å²) in [5.74, 6) is 0.493. The first kappa shape index (κ1) is 14.4. The maximum absolute atomic E-state index is 12.1. The molecule has 3 N–H and O–H groups in total. The highest BCUT2D eigenvalue weighted by Crippen LogP contribution is 2.41. The zero-order valence-electron chi connectivity index (χ0n) is 11.2. The van der Waals surface area contributed by atoms with Crippen LogP contribution in [0.2, 0.25) is 5.02 Å². The van der Waals surface area contributed by atoms with E-state index in [-0.39, 0.29) is 11.9 Å². The van der Waals surface area contributed by atoms with Crippen molar-refractivity contribution in [3.05, 3.63) is 34.9 Å². The fourth-order valence-electron chi connectivity index (χ4n) is 2.28. The second-order valence-electron chi connectivity index (χ2n) is 5.27. The van der Waals surface area contributed by atoms with Crippen molar-refractivity contribution in [3.63, 3.8) is 0 Å². The van der Waals surface area contributed by atoms with E-state index >= 15 is 0 Å². The Morgan fingerprint density at radius 2 is 2.05 bits per heavy atom. The molecule has 3 nitrogen and oxygen atoms in total. The zero-order chi connectivity index (χ0) is 13.8. The SMILES string of the molecule is CCCC(N)C(=O)NC(c1ccc(Cl)cc1)C1CC1. The molecule has 1 aliphatic carbocycles. The van der Waals surface area contributed by atoms with E-state index in [2.05, 4.69) is 5.32 Å². The predicted octanol–water partition coefficient (Wildman–Crippen LogP) is 3.03. The van der Waals surface area contributed by atoms with Gasteiger partial charge in [-0.05, 0) is 42.9 Å². The molecule has 4 heteroatoms. The van der Waals surface area contributed by atoms with Crippen LogP contribution in [-0.4, -0.2) is 11.9 Å². The van der Waals surface area contributed by atoms with Crippen molar-refractivity contribution in [1.82, 2.24) is 5.32 Å². The molecule has 1 aromatic rings. The van der Waals surface area contributed by atoms with Crippen molar-refractivity contribution < 1.29 is 4.79 Å². The van der Waals surface area contributed by atoms with E-state index in [0.717, 1.165) is 31.2 Å². The third kappa shape index (κ3) is 3.95. The minimum Gasteiger partial charge on any atom is -0.348 e. The number of halogens is 1. The van der Waals surface area contributed by atoms with Crippen molar-refractivity contribution in [2.24, 2.45) is 11.7 Å². The summed E-state index contributed by atoms with van der Waals surface area (Å²) < 4.78 is 0. The highest BCUT2D eigenvalue weighted by molar-refractivity contribution is 6.30. The van der Waals surface area contributed by atoms with Gasteiger partial charge in [-0.3, -0.25) is 4.79 Å². The Morgan fingerprint density at radius 1 is 1.42 bits per heavy atom. The molecule has 1 amide bonds. The van der Waals surface area contributed by atoms with E-state index < -0.39 is 6.04 Å². The van der Waals surface area contributed by atoms with Crippen molar-refractivity contribution in [2.45, 2.75) is 44.7 Å². The minimum atomic E-state index is -0.404. The summed E-state index contributed by atoms with van der Waals surface area (Å²) in [6.45, 7) is 2.03. The van der Waals surface area contributed by atoms with Gasteiger partial charge in [-0.1, -0.05) is 37.1 Å². The molecule has 2 rings (SSSR count). The molecule has 1 aromatic carbocycles. The molecule has 0 heterocycles. The van der Waals surface area contributed by atoms with Crippen LogP contribution in [0.1, 0.15) is 44.2 Å². The minimum absolute atomic E-state index is 0.0475. The number of nitrogens with two attached hydrogens (primary N) is 1. The van der Waals surface area contributed by atoms with Gasteiger partial charge in [0, 0.05) is 5.02 Å². The normalized spacial score (nSPS) is 17.8. The van der Waals surface area contributed by atoms with Crippen molar-refractivity contribution in [3.8, 4) is 0 Å². The summed E-state index contributed by atoms with van der Waals surface area (Å²) in [6, 6.07) is 7.37. The molecule has 1 saturated carbocycles. The first-order valence-electron chi connectivity index (χ1n) is 6.93. The average Bonchev–Trinajstić information content (AvgIpc) is 3.21. The molecular weight excluding hydrogens is 260 g/mol. The zero-order valence-corrected chi connectivity index (χ0v) is 12.0. The third-order valence-corrected chi connectivity index (χ3v) is 3.81. The highest BCUT2D eigenvalue weighted by atomic mass is 35.5. The number of amides is 1. The lowest BCUT2D eigenvalue weighted by molar-refractivity contribution is -0.123. The monoisotopic (exact) mass is 280 g/mol. The Labute approximate surface area is 119 Å². The number of hydrogen-bond acceptors (Lipinski definition) is 2. The summed E-state index contributed by atoms with van der Waals surface area (Å²) in [5, 5.41) is 3.81. The van der Waals surface area contributed by atoms with Gasteiger partial charge in [0.05, 0.1) is 12.1 Å². The first-order chi connectivity index (χ1) is 9.11. The molecule has 0 aliphatic heterocycles. The van der Waals surface area contributed by atoms with Crippen molar-refractivity contribution in [1.29, 1.82) is 0 Å². The van der Waals surface area contributed by atoms with Crippen LogP contribution >= 0.6 is 11.6 Å². The second kappa shape index (κ2) is 6.40. The van der Waals surface area contributed by atoms with E-state index in [1.54, 1.807) is 0 Å². The quantitative estimate of drug-likeness (QED) is 0.841. The van der Waals surface area contributed by atoms with Crippen LogP contribution in [0.3, 0.4) is 0 Å². The molecule has 1 aliphatic rings. The van der Waals surface area contributed by atoms with E-state index in [4.69, 9.17) is 17.3 Å². The van der Waals surface area contributed by atoms with E-state index in [9.17, 15) is 4.79 Å². The third-order valence-electron chi connectivity index (χ3n) is 3.56. The summed E-state index contributed by atoms with van der Waals surface area (Å²) in [5.41, 5.74) is 6.98. The van der Waals surface area contributed by atoms with Crippen LogP contribution in [0, 0.1) is 5.92 Å². The summed E-state index contributed by atoms with van der Waals surface area (Å²) >= 11 is 5.90. The molecule has 2 unspecified atom stereocenters. The standard InChI is InChI=1S/C15H21ClN2O/c1-2-3-13(17)15(19)18-14(10-4-5-10)11-6-8-12(16)9-7-11/h6-10,13-14H,2-5,17H2,1H3,(H,18,19). The number of hydrogen-bond donors (Lipinski definition) is 2. The van der Waals surface area contributed by atoms with Gasteiger partial charge in [0.25, 0.3) is 0 Å². The first-order valence-corrected chi connectivity index (χ1v) is 7.31. The van der Waals surface area contributed by atoms with Gasteiger partial charge < -0.3 is 11.1 Å². The number of carbonyl (C=O) groups excluding carboxylic acids is 1. The van der Waals surface area contributed by atoms with Gasteiger partial charge in [0.2, 0.25) is 5.91 Å². The molecule has 0 radical (unpaired) electrons. The van der Waals surface area contributed by atoms with Gasteiger partial charge >= 0.3 is 0 Å². The van der Waals surface area contributed by atoms with Crippen LogP contribution < -0.4 is 11.1 Å². The van der Waals surface area contributed by atoms with Crippen molar-refractivity contribution >= 4 is 17.5 Å². The molecule has 0 saturated heterocycles. The Bertz CT molecular complexity index is 428. The molecular formula is C15H21ClN2O. The Kier molecular flexibility index (Phi) is 4.83. The largest absolute Gasteiger partial charge is 0.348 e. The second-order valence-corrected chi connectivity index (χ2v) is 5.71. The van der Waals surface area contributed by atoms with Gasteiger partial charge in [-0.25, -0.2) is 0 Å². The van der Waals surface area contributed by atoms with E-state index in [1.165, 1.54) is 0 Å². The Balaban J connectivity index is 2.04. The fourth-order valence-corrected chi connectivity index (χ4v) is 2.40. The predicted molar refractivity (Wildman–Crippen MR) is 77.9 cm³/mol. The lowest BCUT2D eigenvalue weighted by atomic mass is 10.0. The van der Waals surface area contributed by atoms with Crippen LogP contribution in [0.25, 0.3) is 0 Å². The Hall–Kier alpha value is -1.06.